The first-order valence-corrected chi connectivity index (χ1v) is 5.91. The Balaban J connectivity index is 2.05. The number of carbonyl (C=O) groups is 1. The van der Waals surface area contributed by atoms with Crippen LogP contribution in [0.25, 0.3) is 0 Å². The van der Waals surface area contributed by atoms with Gasteiger partial charge in [-0.05, 0) is 26.0 Å². The molecule has 0 bridgehead atoms. The van der Waals surface area contributed by atoms with Crippen molar-refractivity contribution in [3.05, 3.63) is 53.1 Å². The summed E-state index contributed by atoms with van der Waals surface area (Å²) in [7, 11) is 0. The number of benzene rings is 1. The Hall–Kier alpha value is -2.43. The molecule has 0 atom stereocenters. The van der Waals surface area contributed by atoms with Gasteiger partial charge in [0.25, 0.3) is 5.91 Å². The monoisotopic (exact) mass is 257 g/mol. The molecule has 0 aliphatic carbocycles. The molecule has 0 saturated carbocycles. The molecule has 1 aromatic carbocycles. The van der Waals surface area contributed by atoms with Crippen molar-refractivity contribution in [2.45, 2.75) is 20.4 Å². The number of nitrogens with zero attached hydrogens (tertiary/aromatic N) is 2. The number of carbonyl (C=O) groups excluding carboxylic acids is 1. The molecule has 1 amide bonds. The summed E-state index contributed by atoms with van der Waals surface area (Å²) < 4.78 is 0. The SMILES string of the molecule is Cc1ccc(O)c(C(=O)NCc2cnc(C)cn2)c1. The molecular formula is C14H15N3O2. The molecule has 2 rings (SSSR count). The number of phenolic OH excluding ortho intramolecular Hbond substituents is 1. The highest BCUT2D eigenvalue weighted by Crippen LogP contribution is 2.17. The molecule has 0 fully saturated rings. The summed E-state index contributed by atoms with van der Waals surface area (Å²) in [6.07, 6.45) is 3.26. The van der Waals surface area contributed by atoms with Gasteiger partial charge in [-0.15, -0.1) is 0 Å². The third kappa shape index (κ3) is 3.28. The lowest BCUT2D eigenvalue weighted by Gasteiger charge is -2.07. The predicted molar refractivity (Wildman–Crippen MR) is 70.8 cm³/mol. The lowest BCUT2D eigenvalue weighted by atomic mass is 10.1. The van der Waals surface area contributed by atoms with Crippen molar-refractivity contribution in [1.29, 1.82) is 0 Å². The molecule has 0 aliphatic heterocycles. The molecule has 0 saturated heterocycles. The largest absolute Gasteiger partial charge is 0.507 e. The Morgan fingerprint density at radius 2 is 2.05 bits per heavy atom. The second kappa shape index (κ2) is 5.48. The summed E-state index contributed by atoms with van der Waals surface area (Å²) in [6, 6.07) is 4.90. The fourth-order valence-corrected chi connectivity index (χ4v) is 1.61. The Morgan fingerprint density at radius 3 is 2.74 bits per heavy atom. The molecule has 98 valence electrons. The van der Waals surface area contributed by atoms with E-state index in [-0.39, 0.29) is 23.8 Å². The first kappa shape index (κ1) is 13.0. The van der Waals surface area contributed by atoms with Crippen LogP contribution in [-0.4, -0.2) is 21.0 Å². The standard InChI is InChI=1S/C14H15N3O2/c1-9-3-4-13(18)12(5-9)14(19)17-8-11-7-15-10(2)6-16-11/h3-7,18H,8H2,1-2H3,(H,17,19). The molecule has 2 N–H and O–H groups in total. The molecule has 2 aromatic rings. The molecule has 5 heteroatoms. The summed E-state index contributed by atoms with van der Waals surface area (Å²) in [5.74, 6) is -0.360. The highest BCUT2D eigenvalue weighted by molar-refractivity contribution is 5.96. The van der Waals surface area contributed by atoms with Crippen LogP contribution < -0.4 is 5.32 Å². The first-order chi connectivity index (χ1) is 9.06. The van der Waals surface area contributed by atoms with Gasteiger partial charge in [0, 0.05) is 6.20 Å². The van der Waals surface area contributed by atoms with E-state index in [1.807, 2.05) is 13.8 Å². The second-order valence-electron chi connectivity index (χ2n) is 4.35. The molecule has 5 nitrogen and oxygen atoms in total. The van der Waals surface area contributed by atoms with E-state index in [2.05, 4.69) is 15.3 Å². The van der Waals surface area contributed by atoms with Gasteiger partial charge in [0.15, 0.2) is 0 Å². The molecule has 0 radical (unpaired) electrons. The van der Waals surface area contributed by atoms with Gasteiger partial charge >= 0.3 is 0 Å². The Kier molecular flexibility index (Phi) is 3.75. The van der Waals surface area contributed by atoms with Crippen LogP contribution >= 0.6 is 0 Å². The van der Waals surface area contributed by atoms with E-state index in [4.69, 9.17) is 0 Å². The summed E-state index contributed by atoms with van der Waals surface area (Å²) in [4.78, 5) is 20.2. The summed E-state index contributed by atoms with van der Waals surface area (Å²) in [5, 5.41) is 12.4. The minimum Gasteiger partial charge on any atom is -0.507 e. The highest BCUT2D eigenvalue weighted by Gasteiger charge is 2.11. The van der Waals surface area contributed by atoms with E-state index < -0.39 is 0 Å². The average molecular weight is 257 g/mol. The van der Waals surface area contributed by atoms with Gasteiger partial charge in [0.1, 0.15) is 5.75 Å². The molecule has 1 heterocycles. The summed E-state index contributed by atoms with van der Waals surface area (Å²) >= 11 is 0. The maximum atomic E-state index is 11.9. The van der Waals surface area contributed by atoms with Crippen LogP contribution in [0.15, 0.2) is 30.6 Å². The topological polar surface area (TPSA) is 75.1 Å². The van der Waals surface area contributed by atoms with Crippen molar-refractivity contribution >= 4 is 5.91 Å². The molecule has 1 aromatic heterocycles. The van der Waals surface area contributed by atoms with Crippen LogP contribution in [0.1, 0.15) is 27.3 Å². The third-order valence-corrected chi connectivity index (χ3v) is 2.66. The molecular weight excluding hydrogens is 242 g/mol. The number of hydrogen-bond donors (Lipinski definition) is 2. The van der Waals surface area contributed by atoms with Crippen LogP contribution in [0.3, 0.4) is 0 Å². The van der Waals surface area contributed by atoms with Gasteiger partial charge in [0.2, 0.25) is 0 Å². The number of amides is 1. The van der Waals surface area contributed by atoms with Crippen LogP contribution in [0.4, 0.5) is 0 Å². The quantitative estimate of drug-likeness (QED) is 0.878. The molecule has 19 heavy (non-hydrogen) atoms. The number of aromatic nitrogens is 2. The zero-order valence-electron chi connectivity index (χ0n) is 10.8. The fraction of sp³-hybridized carbons (Fsp3) is 0.214. The van der Waals surface area contributed by atoms with E-state index in [1.54, 1.807) is 24.5 Å². The lowest BCUT2D eigenvalue weighted by Crippen LogP contribution is -2.23. The minimum atomic E-state index is -0.330. The Labute approximate surface area is 111 Å². The smallest absolute Gasteiger partial charge is 0.255 e. The molecule has 0 aliphatic rings. The van der Waals surface area contributed by atoms with Gasteiger partial charge in [-0.25, -0.2) is 0 Å². The van der Waals surface area contributed by atoms with Crippen LogP contribution in [-0.2, 0) is 6.54 Å². The van der Waals surface area contributed by atoms with E-state index in [0.717, 1.165) is 11.3 Å². The summed E-state index contributed by atoms with van der Waals surface area (Å²) in [5.41, 5.74) is 2.68. The van der Waals surface area contributed by atoms with Crippen LogP contribution in [0.5, 0.6) is 5.75 Å². The van der Waals surface area contributed by atoms with Crippen LogP contribution in [0.2, 0.25) is 0 Å². The number of rotatable bonds is 3. The summed E-state index contributed by atoms with van der Waals surface area (Å²) in [6.45, 7) is 3.99. The number of phenols is 1. The van der Waals surface area contributed by atoms with E-state index in [0.29, 0.717) is 5.69 Å². The zero-order chi connectivity index (χ0) is 13.8. The molecule has 0 unspecified atom stereocenters. The van der Waals surface area contributed by atoms with Crippen molar-refractivity contribution in [1.82, 2.24) is 15.3 Å². The maximum Gasteiger partial charge on any atom is 0.255 e. The number of nitrogens with one attached hydrogen (secondary N) is 1. The van der Waals surface area contributed by atoms with Crippen molar-refractivity contribution in [2.24, 2.45) is 0 Å². The average Bonchev–Trinajstić information content (AvgIpc) is 2.40. The maximum absolute atomic E-state index is 11.9. The molecule has 0 spiro atoms. The van der Waals surface area contributed by atoms with Gasteiger partial charge < -0.3 is 10.4 Å². The normalized spacial score (nSPS) is 10.2. The second-order valence-corrected chi connectivity index (χ2v) is 4.35. The van der Waals surface area contributed by atoms with E-state index >= 15 is 0 Å². The number of aryl methyl sites for hydroxylation is 2. The zero-order valence-corrected chi connectivity index (χ0v) is 10.8. The van der Waals surface area contributed by atoms with E-state index in [9.17, 15) is 9.90 Å². The number of aromatic hydroxyl groups is 1. The number of hydrogen-bond acceptors (Lipinski definition) is 4. The van der Waals surface area contributed by atoms with Gasteiger partial charge in [-0.3, -0.25) is 14.8 Å². The lowest BCUT2D eigenvalue weighted by molar-refractivity contribution is 0.0947. The highest BCUT2D eigenvalue weighted by atomic mass is 16.3. The Bertz CT molecular complexity index is 594. The Morgan fingerprint density at radius 1 is 1.26 bits per heavy atom. The van der Waals surface area contributed by atoms with Crippen LogP contribution in [0, 0.1) is 13.8 Å². The van der Waals surface area contributed by atoms with Crippen molar-refractivity contribution in [3.63, 3.8) is 0 Å². The minimum absolute atomic E-state index is 0.0295. The first-order valence-electron chi connectivity index (χ1n) is 5.91. The van der Waals surface area contributed by atoms with Crippen molar-refractivity contribution in [3.8, 4) is 5.75 Å². The van der Waals surface area contributed by atoms with E-state index in [1.165, 1.54) is 6.07 Å². The fourth-order valence-electron chi connectivity index (χ4n) is 1.61. The predicted octanol–water partition coefficient (Wildman–Crippen LogP) is 1.73. The van der Waals surface area contributed by atoms with Gasteiger partial charge in [0.05, 0.1) is 29.7 Å². The van der Waals surface area contributed by atoms with Crippen molar-refractivity contribution < 1.29 is 9.90 Å². The van der Waals surface area contributed by atoms with Gasteiger partial charge in [-0.2, -0.15) is 0 Å². The van der Waals surface area contributed by atoms with Crippen molar-refractivity contribution in [2.75, 3.05) is 0 Å². The third-order valence-electron chi connectivity index (χ3n) is 2.66. The van der Waals surface area contributed by atoms with Gasteiger partial charge in [-0.1, -0.05) is 11.6 Å².